The molecule has 0 bridgehead atoms. The summed E-state index contributed by atoms with van der Waals surface area (Å²) in [5.41, 5.74) is 1.07. The van der Waals surface area contributed by atoms with Crippen LogP contribution in [0.15, 0.2) is 64.2 Å². The van der Waals surface area contributed by atoms with E-state index in [0.717, 1.165) is 32.5 Å². The maximum absolute atomic E-state index is 5.71. The van der Waals surface area contributed by atoms with Crippen molar-refractivity contribution in [2.75, 3.05) is 12.4 Å². The highest BCUT2D eigenvalue weighted by Gasteiger charge is 2.10. The van der Waals surface area contributed by atoms with Crippen molar-refractivity contribution in [1.29, 1.82) is 0 Å². The summed E-state index contributed by atoms with van der Waals surface area (Å²) in [5, 5.41) is 9.43. The summed E-state index contributed by atoms with van der Waals surface area (Å²) in [6.45, 7) is 0.625. The van der Waals surface area contributed by atoms with Gasteiger partial charge in [0.25, 0.3) is 0 Å². The lowest BCUT2D eigenvalue weighted by Gasteiger charge is -2.06. The molecule has 0 saturated carbocycles. The van der Waals surface area contributed by atoms with Crippen molar-refractivity contribution < 1.29 is 4.74 Å². The minimum Gasteiger partial charge on any atom is -0.493 e. The second-order valence-electron chi connectivity index (χ2n) is 4.88. The molecule has 0 aliphatic heterocycles. The Morgan fingerprint density at radius 1 is 1.04 bits per heavy atom. The van der Waals surface area contributed by atoms with Gasteiger partial charge in [-0.3, -0.25) is 0 Å². The molecule has 3 rings (SSSR count). The maximum Gasteiger partial charge on any atom is 0.191 e. The summed E-state index contributed by atoms with van der Waals surface area (Å²) in [4.78, 5) is 0. The van der Waals surface area contributed by atoms with Crippen molar-refractivity contribution in [2.24, 2.45) is 7.05 Å². The summed E-state index contributed by atoms with van der Waals surface area (Å²) >= 11 is 5.05. The van der Waals surface area contributed by atoms with Crippen LogP contribution in [0.2, 0.25) is 0 Å². The van der Waals surface area contributed by atoms with E-state index >= 15 is 0 Å². The number of nitrogens with zero attached hydrogens (tertiary/aromatic N) is 3. The van der Waals surface area contributed by atoms with Gasteiger partial charge < -0.3 is 9.30 Å². The molecule has 1 heterocycles. The summed E-state index contributed by atoms with van der Waals surface area (Å²) in [6.07, 6.45) is 0. The van der Waals surface area contributed by atoms with E-state index in [1.807, 2.05) is 66.2 Å². The Morgan fingerprint density at radius 2 is 1.78 bits per heavy atom. The third-order valence-corrected chi connectivity index (χ3v) is 4.78. The van der Waals surface area contributed by atoms with E-state index in [4.69, 9.17) is 4.74 Å². The minimum absolute atomic E-state index is 0.625. The highest BCUT2D eigenvalue weighted by Crippen LogP contribution is 2.22. The van der Waals surface area contributed by atoms with Crippen molar-refractivity contribution in [3.8, 4) is 17.1 Å². The number of ether oxygens (including phenoxy) is 1. The molecule has 6 heteroatoms. The van der Waals surface area contributed by atoms with E-state index in [0.29, 0.717) is 6.61 Å². The third kappa shape index (κ3) is 4.14. The van der Waals surface area contributed by atoms with E-state index in [9.17, 15) is 0 Å². The van der Waals surface area contributed by atoms with E-state index in [1.165, 1.54) is 0 Å². The Morgan fingerprint density at radius 3 is 2.52 bits per heavy atom. The van der Waals surface area contributed by atoms with Crippen molar-refractivity contribution in [3.63, 3.8) is 0 Å². The van der Waals surface area contributed by atoms with E-state index in [2.05, 4.69) is 26.1 Å². The lowest BCUT2D eigenvalue weighted by Crippen LogP contribution is -2.02. The largest absolute Gasteiger partial charge is 0.493 e. The van der Waals surface area contributed by atoms with Gasteiger partial charge in [0.1, 0.15) is 5.75 Å². The smallest absolute Gasteiger partial charge is 0.191 e. The van der Waals surface area contributed by atoms with Crippen LogP contribution in [0.1, 0.15) is 0 Å². The highest BCUT2D eigenvalue weighted by atomic mass is 79.9. The zero-order chi connectivity index (χ0) is 16.1. The van der Waals surface area contributed by atoms with Gasteiger partial charge in [0.05, 0.1) is 6.61 Å². The average Bonchev–Trinajstić information content (AvgIpc) is 2.95. The van der Waals surface area contributed by atoms with Gasteiger partial charge in [0, 0.05) is 22.8 Å². The van der Waals surface area contributed by atoms with Gasteiger partial charge in [0.2, 0.25) is 0 Å². The van der Waals surface area contributed by atoms with Gasteiger partial charge >= 0.3 is 0 Å². The first-order chi connectivity index (χ1) is 11.2. The zero-order valence-corrected chi connectivity index (χ0v) is 15.0. The Bertz CT molecular complexity index is 759. The van der Waals surface area contributed by atoms with Crippen molar-refractivity contribution in [1.82, 2.24) is 14.8 Å². The molecule has 23 heavy (non-hydrogen) atoms. The molecule has 118 valence electrons. The molecule has 3 aromatic rings. The molecule has 0 atom stereocenters. The standard InChI is InChI=1S/C17H16BrN3OS/c1-21-16(13-5-3-2-4-6-13)19-20-17(21)23-12-11-22-15-9-7-14(18)8-10-15/h2-10H,11-12H2,1H3. The molecule has 0 fully saturated rings. The molecule has 0 aliphatic rings. The number of halogens is 1. The number of aromatic nitrogens is 3. The molecule has 0 saturated heterocycles. The van der Waals surface area contributed by atoms with Crippen molar-refractivity contribution >= 4 is 27.7 Å². The molecule has 1 aromatic heterocycles. The Labute approximate surface area is 148 Å². The maximum atomic E-state index is 5.71. The normalized spacial score (nSPS) is 10.7. The van der Waals surface area contributed by atoms with Crippen LogP contribution in [0.5, 0.6) is 5.75 Å². The van der Waals surface area contributed by atoms with E-state index < -0.39 is 0 Å². The lowest BCUT2D eigenvalue weighted by molar-refractivity contribution is 0.344. The fraction of sp³-hybridized carbons (Fsp3) is 0.176. The van der Waals surface area contributed by atoms with Crippen LogP contribution in [0.4, 0.5) is 0 Å². The van der Waals surface area contributed by atoms with Crippen LogP contribution in [-0.2, 0) is 7.05 Å². The first-order valence-corrected chi connectivity index (χ1v) is 8.98. The van der Waals surface area contributed by atoms with E-state index in [-0.39, 0.29) is 0 Å². The second-order valence-corrected chi connectivity index (χ2v) is 6.86. The molecular formula is C17H16BrN3OS. The van der Waals surface area contributed by atoms with Crippen LogP contribution in [0.3, 0.4) is 0 Å². The Balaban J connectivity index is 1.55. The topological polar surface area (TPSA) is 39.9 Å². The van der Waals surface area contributed by atoms with E-state index in [1.54, 1.807) is 11.8 Å². The molecule has 0 unspecified atom stereocenters. The molecule has 0 aliphatic carbocycles. The van der Waals surface area contributed by atoms with Gasteiger partial charge in [-0.25, -0.2) is 0 Å². The van der Waals surface area contributed by atoms with Gasteiger partial charge in [-0.2, -0.15) is 0 Å². The molecule has 0 amide bonds. The van der Waals surface area contributed by atoms with Crippen LogP contribution >= 0.6 is 27.7 Å². The predicted molar refractivity (Wildman–Crippen MR) is 96.8 cm³/mol. The SMILES string of the molecule is Cn1c(SCCOc2ccc(Br)cc2)nnc1-c1ccccc1. The fourth-order valence-corrected chi connectivity index (χ4v) is 3.09. The number of hydrogen-bond donors (Lipinski definition) is 0. The minimum atomic E-state index is 0.625. The summed E-state index contributed by atoms with van der Waals surface area (Å²) < 4.78 is 8.78. The molecule has 0 spiro atoms. The fourth-order valence-electron chi connectivity index (χ4n) is 2.10. The van der Waals surface area contributed by atoms with Crippen LogP contribution in [-0.4, -0.2) is 27.1 Å². The average molecular weight is 390 g/mol. The third-order valence-electron chi connectivity index (χ3n) is 3.26. The quantitative estimate of drug-likeness (QED) is 0.462. The van der Waals surface area contributed by atoms with Crippen LogP contribution in [0, 0.1) is 0 Å². The summed E-state index contributed by atoms with van der Waals surface area (Å²) in [6, 6.07) is 17.9. The monoisotopic (exact) mass is 389 g/mol. The predicted octanol–water partition coefficient (Wildman–Crippen LogP) is 4.42. The highest BCUT2D eigenvalue weighted by molar-refractivity contribution is 9.10. The van der Waals surface area contributed by atoms with Crippen molar-refractivity contribution in [2.45, 2.75) is 5.16 Å². The van der Waals surface area contributed by atoms with Gasteiger partial charge in [-0.15, -0.1) is 10.2 Å². The Hall–Kier alpha value is -1.79. The number of benzene rings is 2. The van der Waals surface area contributed by atoms with Gasteiger partial charge in [-0.05, 0) is 24.3 Å². The molecule has 0 N–H and O–H groups in total. The first-order valence-electron chi connectivity index (χ1n) is 7.20. The lowest BCUT2D eigenvalue weighted by atomic mass is 10.2. The van der Waals surface area contributed by atoms with Gasteiger partial charge in [-0.1, -0.05) is 58.0 Å². The first kappa shape index (κ1) is 16.1. The number of thioether (sulfide) groups is 1. The summed E-state index contributed by atoms with van der Waals surface area (Å²) in [5.74, 6) is 2.57. The summed E-state index contributed by atoms with van der Waals surface area (Å²) in [7, 11) is 1.99. The van der Waals surface area contributed by atoms with Crippen LogP contribution in [0.25, 0.3) is 11.4 Å². The molecule has 2 aromatic carbocycles. The Kier molecular flexibility index (Phi) is 5.35. The number of hydrogen-bond acceptors (Lipinski definition) is 4. The molecule has 0 radical (unpaired) electrons. The van der Waals surface area contributed by atoms with Gasteiger partial charge in [0.15, 0.2) is 11.0 Å². The van der Waals surface area contributed by atoms with Crippen LogP contribution < -0.4 is 4.74 Å². The second kappa shape index (κ2) is 7.66. The zero-order valence-electron chi connectivity index (χ0n) is 12.6. The van der Waals surface area contributed by atoms with Crippen molar-refractivity contribution in [3.05, 3.63) is 59.1 Å². The molecule has 4 nitrogen and oxygen atoms in total. The molecular weight excluding hydrogens is 374 g/mol. The number of rotatable bonds is 6.